The first-order valence-electron chi connectivity index (χ1n) is 7.24. The second-order valence-corrected chi connectivity index (χ2v) is 6.47. The van der Waals surface area contributed by atoms with Gasteiger partial charge in [0.05, 0.1) is 5.56 Å². The summed E-state index contributed by atoms with van der Waals surface area (Å²) >= 11 is 1.68. The minimum atomic E-state index is 0.281. The molecule has 0 unspecified atom stereocenters. The van der Waals surface area contributed by atoms with Crippen LogP contribution < -0.4 is 0 Å². The number of likely N-dealkylation sites (tertiary alicyclic amines) is 1. The molecule has 1 saturated heterocycles. The van der Waals surface area contributed by atoms with E-state index in [2.05, 4.69) is 22.9 Å². The fourth-order valence-corrected chi connectivity index (χ4v) is 3.61. The van der Waals surface area contributed by atoms with Crippen LogP contribution in [0, 0.1) is 11.3 Å². The number of thiophene rings is 1. The number of aliphatic hydroxyl groups is 1. The molecule has 0 bridgehead atoms. The largest absolute Gasteiger partial charge is 0.396 e. The van der Waals surface area contributed by atoms with E-state index < -0.39 is 0 Å². The normalized spacial score (nSPS) is 17.5. The molecule has 0 aromatic carbocycles. The number of aliphatic hydroxyl groups excluding tert-OH is 1. The van der Waals surface area contributed by atoms with Crippen LogP contribution in [0.2, 0.25) is 0 Å². The summed E-state index contributed by atoms with van der Waals surface area (Å²) in [5.74, 6) is 0. The van der Waals surface area contributed by atoms with E-state index in [1.165, 1.54) is 17.7 Å². The third kappa shape index (κ3) is 4.29. The molecule has 2 heterocycles. The predicted octanol–water partition coefficient (Wildman–Crippen LogP) is 1.90. The second-order valence-electron chi connectivity index (χ2n) is 5.48. The van der Waals surface area contributed by atoms with E-state index in [1.54, 1.807) is 11.3 Å². The van der Waals surface area contributed by atoms with E-state index in [0.29, 0.717) is 6.04 Å². The Kier molecular flexibility index (Phi) is 5.99. The summed E-state index contributed by atoms with van der Waals surface area (Å²) in [6, 6.07) is 4.84. The monoisotopic (exact) mass is 293 g/mol. The molecule has 2 rings (SSSR count). The molecule has 5 heteroatoms. The molecule has 0 atom stereocenters. The average Bonchev–Trinajstić information content (AvgIpc) is 2.93. The van der Waals surface area contributed by atoms with Crippen molar-refractivity contribution in [1.82, 2.24) is 9.80 Å². The molecule has 1 aromatic heterocycles. The van der Waals surface area contributed by atoms with Gasteiger partial charge in [-0.05, 0) is 32.4 Å². The molecule has 0 radical (unpaired) electrons. The molecule has 1 aromatic rings. The first-order chi connectivity index (χ1) is 9.72. The van der Waals surface area contributed by atoms with Gasteiger partial charge in [0, 0.05) is 49.1 Å². The Bertz CT molecular complexity index is 446. The lowest BCUT2D eigenvalue weighted by Gasteiger charge is -2.36. The standard InChI is InChI=1S/C15H23N3OS/c1-17(5-2-8-19)14-3-6-18(7-4-14)11-15-9-13(10-16)12-20-15/h9,12,14,19H,2-8,11H2,1H3. The molecule has 0 aliphatic carbocycles. The average molecular weight is 293 g/mol. The van der Waals surface area contributed by atoms with Crippen LogP contribution >= 0.6 is 11.3 Å². The summed E-state index contributed by atoms with van der Waals surface area (Å²) in [6.07, 6.45) is 3.25. The van der Waals surface area contributed by atoms with Crippen molar-refractivity contribution in [3.8, 4) is 6.07 Å². The molecule has 20 heavy (non-hydrogen) atoms. The summed E-state index contributed by atoms with van der Waals surface area (Å²) in [5, 5.41) is 19.7. The Morgan fingerprint density at radius 1 is 1.50 bits per heavy atom. The molecule has 0 amide bonds. The fourth-order valence-electron chi connectivity index (χ4n) is 2.76. The number of hydrogen-bond acceptors (Lipinski definition) is 5. The number of rotatable bonds is 6. The maximum Gasteiger partial charge on any atom is 0.100 e. The van der Waals surface area contributed by atoms with Crippen molar-refractivity contribution < 1.29 is 5.11 Å². The highest BCUT2D eigenvalue weighted by Gasteiger charge is 2.22. The van der Waals surface area contributed by atoms with Gasteiger partial charge >= 0.3 is 0 Å². The molecule has 1 N–H and O–H groups in total. The Morgan fingerprint density at radius 2 is 2.25 bits per heavy atom. The maximum atomic E-state index is 8.89. The number of piperidine rings is 1. The van der Waals surface area contributed by atoms with E-state index in [0.717, 1.165) is 38.2 Å². The lowest BCUT2D eigenvalue weighted by atomic mass is 10.0. The summed E-state index contributed by atoms with van der Waals surface area (Å²) in [7, 11) is 2.16. The van der Waals surface area contributed by atoms with Gasteiger partial charge in [0.25, 0.3) is 0 Å². The van der Waals surface area contributed by atoms with Crippen LogP contribution in [0.4, 0.5) is 0 Å². The Balaban J connectivity index is 1.75. The van der Waals surface area contributed by atoms with E-state index in [1.807, 2.05) is 11.4 Å². The van der Waals surface area contributed by atoms with Crippen molar-refractivity contribution in [2.24, 2.45) is 0 Å². The van der Waals surface area contributed by atoms with Crippen LogP contribution in [-0.2, 0) is 6.54 Å². The maximum absolute atomic E-state index is 8.89. The molecule has 1 fully saturated rings. The van der Waals surface area contributed by atoms with Crippen molar-refractivity contribution in [2.45, 2.75) is 31.8 Å². The summed E-state index contributed by atoms with van der Waals surface area (Å²) < 4.78 is 0. The van der Waals surface area contributed by atoms with E-state index in [9.17, 15) is 0 Å². The van der Waals surface area contributed by atoms with Gasteiger partial charge in [-0.25, -0.2) is 0 Å². The zero-order valence-electron chi connectivity index (χ0n) is 12.1. The zero-order chi connectivity index (χ0) is 14.4. The Hall–Kier alpha value is -0.930. The Morgan fingerprint density at radius 3 is 2.85 bits per heavy atom. The van der Waals surface area contributed by atoms with Gasteiger partial charge in [0.15, 0.2) is 0 Å². The quantitative estimate of drug-likeness (QED) is 0.870. The summed E-state index contributed by atoms with van der Waals surface area (Å²) in [6.45, 7) is 4.47. The van der Waals surface area contributed by atoms with Gasteiger partial charge in [-0.2, -0.15) is 5.26 Å². The fraction of sp³-hybridized carbons (Fsp3) is 0.667. The van der Waals surface area contributed by atoms with Crippen LogP contribution in [-0.4, -0.2) is 54.2 Å². The minimum Gasteiger partial charge on any atom is -0.396 e. The van der Waals surface area contributed by atoms with Crippen molar-refractivity contribution in [2.75, 3.05) is 33.3 Å². The first-order valence-corrected chi connectivity index (χ1v) is 8.12. The second kappa shape index (κ2) is 7.75. The molecule has 1 aliphatic rings. The van der Waals surface area contributed by atoms with Gasteiger partial charge in [-0.15, -0.1) is 11.3 Å². The molecule has 110 valence electrons. The highest BCUT2D eigenvalue weighted by molar-refractivity contribution is 7.10. The molecular weight excluding hydrogens is 270 g/mol. The smallest absolute Gasteiger partial charge is 0.100 e. The summed E-state index contributed by atoms with van der Waals surface area (Å²) in [4.78, 5) is 6.14. The van der Waals surface area contributed by atoms with E-state index in [4.69, 9.17) is 10.4 Å². The number of hydrogen-bond donors (Lipinski definition) is 1. The Labute approximate surface area is 125 Å². The molecule has 1 aliphatic heterocycles. The van der Waals surface area contributed by atoms with Crippen molar-refractivity contribution in [3.63, 3.8) is 0 Å². The first kappa shape index (κ1) is 15.5. The van der Waals surface area contributed by atoms with Gasteiger partial charge in [0.1, 0.15) is 6.07 Å². The van der Waals surface area contributed by atoms with Crippen LogP contribution in [0.1, 0.15) is 29.7 Å². The van der Waals surface area contributed by atoms with Gasteiger partial charge < -0.3 is 10.0 Å². The van der Waals surface area contributed by atoms with Crippen molar-refractivity contribution >= 4 is 11.3 Å². The minimum absolute atomic E-state index is 0.281. The lowest BCUT2D eigenvalue weighted by molar-refractivity contribution is 0.118. The highest BCUT2D eigenvalue weighted by Crippen LogP contribution is 2.21. The zero-order valence-corrected chi connectivity index (χ0v) is 12.9. The van der Waals surface area contributed by atoms with Gasteiger partial charge in [0.2, 0.25) is 0 Å². The molecule has 4 nitrogen and oxygen atoms in total. The third-order valence-electron chi connectivity index (χ3n) is 4.01. The number of nitriles is 1. The van der Waals surface area contributed by atoms with Crippen LogP contribution in [0.5, 0.6) is 0 Å². The van der Waals surface area contributed by atoms with Gasteiger partial charge in [-0.1, -0.05) is 0 Å². The van der Waals surface area contributed by atoms with Gasteiger partial charge in [-0.3, -0.25) is 4.90 Å². The SMILES string of the molecule is CN(CCCO)C1CCN(Cc2cc(C#N)cs2)CC1. The number of nitrogens with zero attached hydrogens (tertiary/aromatic N) is 3. The van der Waals surface area contributed by atoms with Crippen LogP contribution in [0.15, 0.2) is 11.4 Å². The molecule has 0 saturated carbocycles. The lowest BCUT2D eigenvalue weighted by Crippen LogP contribution is -2.43. The third-order valence-corrected chi connectivity index (χ3v) is 4.93. The molecular formula is C15H23N3OS. The van der Waals surface area contributed by atoms with Crippen molar-refractivity contribution in [3.05, 3.63) is 21.9 Å². The summed E-state index contributed by atoms with van der Waals surface area (Å²) in [5.41, 5.74) is 0.781. The van der Waals surface area contributed by atoms with Crippen LogP contribution in [0.25, 0.3) is 0 Å². The van der Waals surface area contributed by atoms with E-state index >= 15 is 0 Å². The van der Waals surface area contributed by atoms with Crippen molar-refractivity contribution in [1.29, 1.82) is 5.26 Å². The topological polar surface area (TPSA) is 50.5 Å². The predicted molar refractivity (Wildman–Crippen MR) is 81.7 cm³/mol. The van der Waals surface area contributed by atoms with E-state index in [-0.39, 0.29) is 6.61 Å². The molecule has 0 spiro atoms. The highest BCUT2D eigenvalue weighted by atomic mass is 32.1. The van der Waals surface area contributed by atoms with Crippen LogP contribution in [0.3, 0.4) is 0 Å².